The summed E-state index contributed by atoms with van der Waals surface area (Å²) in [6.45, 7) is 1.68. The van der Waals surface area contributed by atoms with Gasteiger partial charge in [-0.05, 0) is 19.1 Å². The topological polar surface area (TPSA) is 56.0 Å². The number of Topliss-reactive ketones (excluding diaryl/α,β-unsaturated/α-hetero) is 1. The van der Waals surface area contributed by atoms with Crippen molar-refractivity contribution < 1.29 is 4.79 Å². The summed E-state index contributed by atoms with van der Waals surface area (Å²) >= 11 is 0. The highest BCUT2D eigenvalue weighted by Crippen LogP contribution is 2.13. The number of nitrogens with zero attached hydrogens (tertiary/aromatic N) is 1. The minimum Gasteiger partial charge on any atom is -0.321 e. The molecule has 0 aliphatic heterocycles. The van der Waals surface area contributed by atoms with E-state index in [0.717, 1.165) is 10.9 Å². The summed E-state index contributed by atoms with van der Waals surface area (Å²) in [4.78, 5) is 15.8. The van der Waals surface area contributed by atoms with Gasteiger partial charge in [0.25, 0.3) is 0 Å². The van der Waals surface area contributed by atoms with Crippen LogP contribution in [-0.4, -0.2) is 16.8 Å². The third kappa shape index (κ3) is 1.87. The number of rotatable bonds is 2. The fraction of sp³-hybridized carbons (Fsp3) is 0.167. The number of pyridine rings is 1. The van der Waals surface area contributed by atoms with Crippen molar-refractivity contribution in [2.24, 2.45) is 5.73 Å². The lowest BCUT2D eigenvalue weighted by Gasteiger charge is -2.04. The Balaban J connectivity index is 2.52. The monoisotopic (exact) mass is 200 g/mol. The standard InChI is InChI=1S/C12H12N2O/c1-8(13)12(15)10-6-9-4-2-3-5-11(9)14-7-10/h2-8H,13H2,1H3/t8-/m0/s1. The van der Waals surface area contributed by atoms with Gasteiger partial charge in [-0.25, -0.2) is 0 Å². The second-order valence-corrected chi connectivity index (χ2v) is 3.57. The predicted molar refractivity (Wildman–Crippen MR) is 59.7 cm³/mol. The molecule has 3 nitrogen and oxygen atoms in total. The van der Waals surface area contributed by atoms with Crippen LogP contribution in [0.15, 0.2) is 36.5 Å². The first-order valence-electron chi connectivity index (χ1n) is 4.83. The third-order valence-electron chi connectivity index (χ3n) is 2.29. The molecule has 0 amide bonds. The van der Waals surface area contributed by atoms with Crippen LogP contribution in [0.1, 0.15) is 17.3 Å². The number of ketones is 1. The van der Waals surface area contributed by atoms with Crippen molar-refractivity contribution in [2.45, 2.75) is 13.0 Å². The molecule has 2 rings (SSSR count). The van der Waals surface area contributed by atoms with Gasteiger partial charge in [-0.3, -0.25) is 9.78 Å². The van der Waals surface area contributed by atoms with Gasteiger partial charge in [0.2, 0.25) is 0 Å². The van der Waals surface area contributed by atoms with Gasteiger partial charge in [0.15, 0.2) is 5.78 Å². The number of hydrogen-bond acceptors (Lipinski definition) is 3. The summed E-state index contributed by atoms with van der Waals surface area (Å²) in [6.07, 6.45) is 1.58. The maximum absolute atomic E-state index is 11.6. The third-order valence-corrected chi connectivity index (χ3v) is 2.29. The van der Waals surface area contributed by atoms with E-state index < -0.39 is 6.04 Å². The fourth-order valence-corrected chi connectivity index (χ4v) is 1.47. The fourth-order valence-electron chi connectivity index (χ4n) is 1.47. The van der Waals surface area contributed by atoms with Crippen molar-refractivity contribution in [1.82, 2.24) is 4.98 Å². The molecule has 1 aromatic carbocycles. The Labute approximate surface area is 87.9 Å². The minimum atomic E-state index is -0.479. The highest BCUT2D eigenvalue weighted by Gasteiger charge is 2.11. The van der Waals surface area contributed by atoms with Crippen LogP contribution in [-0.2, 0) is 0 Å². The van der Waals surface area contributed by atoms with Crippen LogP contribution in [0.4, 0.5) is 0 Å². The van der Waals surface area contributed by atoms with Crippen LogP contribution in [0.5, 0.6) is 0 Å². The van der Waals surface area contributed by atoms with E-state index in [4.69, 9.17) is 5.73 Å². The zero-order valence-corrected chi connectivity index (χ0v) is 8.47. The minimum absolute atomic E-state index is 0.0757. The van der Waals surface area contributed by atoms with Gasteiger partial charge < -0.3 is 5.73 Å². The molecular formula is C12H12N2O. The van der Waals surface area contributed by atoms with Crippen LogP contribution in [0.3, 0.4) is 0 Å². The molecule has 0 saturated carbocycles. The lowest BCUT2D eigenvalue weighted by atomic mass is 10.1. The molecule has 0 aliphatic rings. The Morgan fingerprint density at radius 2 is 2.13 bits per heavy atom. The van der Waals surface area contributed by atoms with E-state index in [2.05, 4.69) is 4.98 Å². The van der Waals surface area contributed by atoms with Crippen molar-refractivity contribution in [3.8, 4) is 0 Å². The number of aromatic nitrogens is 1. The van der Waals surface area contributed by atoms with E-state index in [9.17, 15) is 4.79 Å². The molecule has 15 heavy (non-hydrogen) atoms. The molecule has 0 fully saturated rings. The van der Waals surface area contributed by atoms with Crippen LogP contribution in [0.2, 0.25) is 0 Å². The van der Waals surface area contributed by atoms with Gasteiger partial charge in [0.1, 0.15) is 0 Å². The maximum Gasteiger partial charge on any atom is 0.180 e. The van der Waals surface area contributed by atoms with Crippen molar-refractivity contribution in [2.75, 3.05) is 0 Å². The average molecular weight is 200 g/mol. The summed E-state index contributed by atoms with van der Waals surface area (Å²) in [6, 6.07) is 9.03. The largest absolute Gasteiger partial charge is 0.321 e. The highest BCUT2D eigenvalue weighted by atomic mass is 16.1. The molecule has 2 aromatic rings. The maximum atomic E-state index is 11.6. The molecule has 0 unspecified atom stereocenters. The van der Waals surface area contributed by atoms with Crippen LogP contribution in [0.25, 0.3) is 10.9 Å². The summed E-state index contributed by atoms with van der Waals surface area (Å²) < 4.78 is 0. The first-order chi connectivity index (χ1) is 7.18. The number of hydrogen-bond donors (Lipinski definition) is 1. The quantitative estimate of drug-likeness (QED) is 0.751. The number of nitrogens with two attached hydrogens (primary N) is 1. The van der Waals surface area contributed by atoms with E-state index >= 15 is 0 Å². The van der Waals surface area contributed by atoms with E-state index in [1.807, 2.05) is 30.3 Å². The second kappa shape index (κ2) is 3.79. The van der Waals surface area contributed by atoms with E-state index in [1.54, 1.807) is 13.1 Å². The smallest absolute Gasteiger partial charge is 0.180 e. The van der Waals surface area contributed by atoms with E-state index in [-0.39, 0.29) is 5.78 Å². The Morgan fingerprint density at radius 3 is 2.87 bits per heavy atom. The SMILES string of the molecule is C[C@H](N)C(=O)c1cnc2ccccc2c1. The molecule has 76 valence electrons. The average Bonchev–Trinajstić information content (AvgIpc) is 2.27. The van der Waals surface area contributed by atoms with Gasteiger partial charge in [-0.15, -0.1) is 0 Å². The molecule has 0 bridgehead atoms. The number of carbonyl (C=O) groups excluding carboxylic acids is 1. The molecule has 0 spiro atoms. The summed E-state index contributed by atoms with van der Waals surface area (Å²) in [5.41, 5.74) is 7.00. The van der Waals surface area contributed by atoms with Gasteiger partial charge in [0, 0.05) is 17.1 Å². The first kappa shape index (κ1) is 9.80. The van der Waals surface area contributed by atoms with E-state index in [0.29, 0.717) is 5.56 Å². The first-order valence-corrected chi connectivity index (χ1v) is 4.83. The van der Waals surface area contributed by atoms with Crippen molar-refractivity contribution in [3.63, 3.8) is 0 Å². The number of fused-ring (bicyclic) bond motifs is 1. The highest BCUT2D eigenvalue weighted by molar-refractivity contribution is 6.01. The lowest BCUT2D eigenvalue weighted by Crippen LogP contribution is -2.26. The number of para-hydroxylation sites is 1. The van der Waals surface area contributed by atoms with Crippen LogP contribution < -0.4 is 5.73 Å². The van der Waals surface area contributed by atoms with Gasteiger partial charge in [-0.1, -0.05) is 18.2 Å². The normalized spacial score (nSPS) is 12.7. The molecule has 1 atom stereocenters. The second-order valence-electron chi connectivity index (χ2n) is 3.57. The molecular weight excluding hydrogens is 188 g/mol. The summed E-state index contributed by atoms with van der Waals surface area (Å²) in [5.74, 6) is -0.0757. The summed E-state index contributed by atoms with van der Waals surface area (Å²) in [7, 11) is 0. The van der Waals surface area contributed by atoms with Gasteiger partial charge >= 0.3 is 0 Å². The zero-order chi connectivity index (χ0) is 10.8. The molecule has 2 N–H and O–H groups in total. The van der Waals surface area contributed by atoms with Gasteiger partial charge in [-0.2, -0.15) is 0 Å². The Bertz CT molecular complexity index is 506. The molecule has 0 aliphatic carbocycles. The van der Waals surface area contributed by atoms with Crippen molar-refractivity contribution in [3.05, 3.63) is 42.1 Å². The zero-order valence-electron chi connectivity index (χ0n) is 8.47. The Hall–Kier alpha value is -1.74. The van der Waals surface area contributed by atoms with Gasteiger partial charge in [0.05, 0.1) is 11.6 Å². The van der Waals surface area contributed by atoms with Crippen molar-refractivity contribution >= 4 is 16.7 Å². The molecule has 1 aromatic heterocycles. The summed E-state index contributed by atoms with van der Waals surface area (Å²) in [5, 5.41) is 0.962. The van der Waals surface area contributed by atoms with Crippen LogP contribution >= 0.6 is 0 Å². The number of benzene rings is 1. The Kier molecular flexibility index (Phi) is 2.47. The van der Waals surface area contributed by atoms with E-state index in [1.165, 1.54) is 0 Å². The number of carbonyl (C=O) groups is 1. The molecule has 0 radical (unpaired) electrons. The Morgan fingerprint density at radius 1 is 1.40 bits per heavy atom. The molecule has 1 heterocycles. The molecule has 3 heteroatoms. The van der Waals surface area contributed by atoms with Crippen molar-refractivity contribution in [1.29, 1.82) is 0 Å². The lowest BCUT2D eigenvalue weighted by molar-refractivity contribution is 0.0968. The molecule has 0 saturated heterocycles. The predicted octanol–water partition coefficient (Wildman–Crippen LogP) is 1.76. The van der Waals surface area contributed by atoms with Crippen LogP contribution in [0, 0.1) is 0 Å².